The molecule has 1 aromatic heterocycles. The first kappa shape index (κ1) is 9.45. The molecule has 1 aromatic carbocycles. The van der Waals surface area contributed by atoms with Gasteiger partial charge in [0, 0.05) is 0 Å². The summed E-state index contributed by atoms with van der Waals surface area (Å²) in [4.78, 5) is 11.8. The molecule has 0 saturated heterocycles. The van der Waals surface area contributed by atoms with Crippen LogP contribution in [0.3, 0.4) is 0 Å². The highest BCUT2D eigenvalue weighted by molar-refractivity contribution is 5.75. The Bertz CT molecular complexity index is 461. The molecule has 2 rings (SSSR count). The molecule has 2 aromatic rings. The predicted molar refractivity (Wildman–Crippen MR) is 54.0 cm³/mol. The topological polar surface area (TPSA) is 80.0 Å². The number of aliphatic carboxylic acids is 1. The minimum absolute atomic E-state index is 0.725. The molecule has 0 spiro atoms. The van der Waals surface area contributed by atoms with E-state index < -0.39 is 12.0 Å². The van der Waals surface area contributed by atoms with Crippen molar-refractivity contribution in [3.8, 4) is 0 Å². The monoisotopic (exact) mass is 206 g/mol. The number of benzene rings is 1. The minimum atomic E-state index is -0.948. The van der Waals surface area contributed by atoms with Crippen LogP contribution in [0.4, 0.5) is 0 Å². The van der Waals surface area contributed by atoms with Crippen LogP contribution in [0.25, 0.3) is 11.0 Å². The third-order valence-corrected chi connectivity index (χ3v) is 1.97. The van der Waals surface area contributed by atoms with Gasteiger partial charge in [-0.15, -0.1) is 10.2 Å². The number of carbonyl (C=O) groups is 1. The van der Waals surface area contributed by atoms with Gasteiger partial charge in [-0.05, 0) is 19.1 Å². The molecule has 0 fully saturated rings. The highest BCUT2D eigenvalue weighted by atomic mass is 16.4. The lowest BCUT2D eigenvalue weighted by atomic mass is 10.3. The Morgan fingerprint density at radius 3 is 2.40 bits per heavy atom. The average molecular weight is 206 g/mol. The number of aromatic nitrogens is 3. The predicted octanol–water partition coefficient (Wildman–Crippen LogP) is 0.448. The van der Waals surface area contributed by atoms with Gasteiger partial charge in [0.05, 0.1) is 0 Å². The van der Waals surface area contributed by atoms with Gasteiger partial charge in [0.15, 0.2) is 0 Å². The number of nitrogens with one attached hydrogen (secondary N) is 1. The van der Waals surface area contributed by atoms with Crippen LogP contribution in [0, 0.1) is 0 Å². The van der Waals surface area contributed by atoms with Crippen molar-refractivity contribution >= 4 is 17.0 Å². The molecular formula is C9H10N4O2. The minimum Gasteiger partial charge on any atom is -0.480 e. The van der Waals surface area contributed by atoms with Gasteiger partial charge in [0.25, 0.3) is 0 Å². The van der Waals surface area contributed by atoms with Crippen molar-refractivity contribution in [3.05, 3.63) is 24.3 Å². The second kappa shape index (κ2) is 3.56. The maximum absolute atomic E-state index is 10.6. The van der Waals surface area contributed by atoms with Crippen molar-refractivity contribution in [3.63, 3.8) is 0 Å². The number of carboxylic acid groups (broad SMARTS) is 1. The Morgan fingerprint density at radius 2 is 1.93 bits per heavy atom. The summed E-state index contributed by atoms with van der Waals surface area (Å²) in [5.41, 5.74) is 4.07. The number of hydrogen-bond donors (Lipinski definition) is 2. The van der Waals surface area contributed by atoms with Gasteiger partial charge in [-0.3, -0.25) is 5.43 Å². The molecule has 1 atom stereocenters. The molecule has 0 unspecified atom stereocenters. The van der Waals surface area contributed by atoms with Crippen molar-refractivity contribution in [1.29, 1.82) is 0 Å². The lowest BCUT2D eigenvalue weighted by Gasteiger charge is -2.07. The molecular weight excluding hydrogens is 196 g/mol. The molecule has 0 aliphatic rings. The van der Waals surface area contributed by atoms with Crippen molar-refractivity contribution in [2.45, 2.75) is 13.0 Å². The summed E-state index contributed by atoms with van der Waals surface area (Å²) in [5.74, 6) is -0.948. The lowest BCUT2D eigenvalue weighted by Crippen LogP contribution is -2.33. The van der Waals surface area contributed by atoms with E-state index >= 15 is 0 Å². The second-order valence-corrected chi connectivity index (χ2v) is 3.17. The zero-order valence-electron chi connectivity index (χ0n) is 8.08. The van der Waals surface area contributed by atoms with E-state index in [9.17, 15) is 4.79 Å². The molecule has 78 valence electrons. The zero-order valence-corrected chi connectivity index (χ0v) is 8.08. The second-order valence-electron chi connectivity index (χ2n) is 3.17. The maximum atomic E-state index is 10.6. The molecule has 1 heterocycles. The van der Waals surface area contributed by atoms with E-state index in [1.54, 1.807) is 0 Å². The Balaban J connectivity index is 2.26. The van der Waals surface area contributed by atoms with Crippen molar-refractivity contribution in [1.82, 2.24) is 15.1 Å². The summed E-state index contributed by atoms with van der Waals surface area (Å²) in [5, 5.41) is 16.8. The molecule has 0 radical (unpaired) electrons. The largest absolute Gasteiger partial charge is 0.480 e. The van der Waals surface area contributed by atoms with Crippen LogP contribution in [0.5, 0.6) is 0 Å². The van der Waals surface area contributed by atoms with Crippen LogP contribution in [-0.4, -0.2) is 32.2 Å². The first-order valence-electron chi connectivity index (χ1n) is 4.48. The number of carboxylic acids is 1. The van der Waals surface area contributed by atoms with Crippen LogP contribution in [0.15, 0.2) is 24.3 Å². The molecule has 15 heavy (non-hydrogen) atoms. The Labute approximate surface area is 85.5 Å². The van der Waals surface area contributed by atoms with E-state index in [1.165, 1.54) is 11.8 Å². The highest BCUT2D eigenvalue weighted by Gasteiger charge is 2.11. The molecule has 6 heteroatoms. The van der Waals surface area contributed by atoms with Crippen LogP contribution in [-0.2, 0) is 4.79 Å². The smallest absolute Gasteiger partial charge is 0.327 e. The first-order valence-corrected chi connectivity index (χ1v) is 4.48. The van der Waals surface area contributed by atoms with Crippen molar-refractivity contribution < 1.29 is 9.90 Å². The van der Waals surface area contributed by atoms with E-state index in [4.69, 9.17) is 5.11 Å². The van der Waals surface area contributed by atoms with E-state index in [1.807, 2.05) is 24.3 Å². The summed E-state index contributed by atoms with van der Waals surface area (Å²) >= 11 is 0. The summed E-state index contributed by atoms with van der Waals surface area (Å²) in [6.07, 6.45) is 0. The van der Waals surface area contributed by atoms with Crippen LogP contribution < -0.4 is 5.43 Å². The number of hydrogen-bond acceptors (Lipinski definition) is 4. The number of rotatable bonds is 3. The van der Waals surface area contributed by atoms with Crippen LogP contribution >= 0.6 is 0 Å². The third kappa shape index (κ3) is 1.88. The highest BCUT2D eigenvalue weighted by Crippen LogP contribution is 2.06. The first-order chi connectivity index (χ1) is 7.16. The van der Waals surface area contributed by atoms with Gasteiger partial charge in [0.2, 0.25) is 0 Å². The molecule has 0 aliphatic heterocycles. The zero-order chi connectivity index (χ0) is 10.8. The van der Waals surface area contributed by atoms with Gasteiger partial charge in [-0.25, -0.2) is 4.79 Å². The van der Waals surface area contributed by atoms with Crippen LogP contribution in [0.2, 0.25) is 0 Å². The molecule has 0 amide bonds. The Hall–Kier alpha value is -2.11. The van der Waals surface area contributed by atoms with Gasteiger partial charge in [-0.2, -0.15) is 0 Å². The Morgan fingerprint density at radius 1 is 1.40 bits per heavy atom. The molecule has 0 aliphatic carbocycles. The van der Waals surface area contributed by atoms with Crippen molar-refractivity contribution in [2.24, 2.45) is 0 Å². The van der Waals surface area contributed by atoms with Gasteiger partial charge in [0.1, 0.15) is 17.1 Å². The molecule has 0 saturated carbocycles. The standard InChI is InChI=1S/C9H10N4O2/c1-6(9(14)15)10-13-11-7-4-2-3-5-8(7)12-13/h2-6,10H,1H3,(H,14,15)/t6-/m0/s1. The fraction of sp³-hybridized carbons (Fsp3) is 0.222. The Kier molecular flexibility index (Phi) is 2.24. The fourth-order valence-corrected chi connectivity index (χ4v) is 1.15. The quantitative estimate of drug-likeness (QED) is 0.762. The van der Waals surface area contributed by atoms with E-state index in [0.717, 1.165) is 11.0 Å². The average Bonchev–Trinajstić information content (AvgIpc) is 2.59. The van der Waals surface area contributed by atoms with Gasteiger partial charge in [-0.1, -0.05) is 17.0 Å². The van der Waals surface area contributed by atoms with E-state index in [2.05, 4.69) is 15.6 Å². The third-order valence-electron chi connectivity index (χ3n) is 1.97. The summed E-state index contributed by atoms with van der Waals surface area (Å²) in [6, 6.07) is 6.59. The normalized spacial score (nSPS) is 12.6. The SMILES string of the molecule is C[C@H](Nn1nc2ccccc2n1)C(=O)O. The lowest BCUT2D eigenvalue weighted by molar-refractivity contribution is -0.137. The fourth-order valence-electron chi connectivity index (χ4n) is 1.15. The summed E-state index contributed by atoms with van der Waals surface area (Å²) < 4.78 is 0. The van der Waals surface area contributed by atoms with Gasteiger partial charge < -0.3 is 5.11 Å². The maximum Gasteiger partial charge on any atom is 0.327 e. The van der Waals surface area contributed by atoms with E-state index in [-0.39, 0.29) is 0 Å². The molecule has 0 bridgehead atoms. The summed E-state index contributed by atoms with van der Waals surface area (Å²) in [6.45, 7) is 1.52. The van der Waals surface area contributed by atoms with E-state index in [0.29, 0.717) is 0 Å². The molecule has 2 N–H and O–H groups in total. The van der Waals surface area contributed by atoms with Crippen molar-refractivity contribution in [2.75, 3.05) is 5.43 Å². The molecule has 6 nitrogen and oxygen atoms in total. The van der Waals surface area contributed by atoms with Crippen LogP contribution in [0.1, 0.15) is 6.92 Å². The number of nitrogens with zero attached hydrogens (tertiary/aromatic N) is 3. The summed E-state index contributed by atoms with van der Waals surface area (Å²) in [7, 11) is 0. The number of fused-ring (bicyclic) bond motifs is 1. The van der Waals surface area contributed by atoms with Gasteiger partial charge >= 0.3 is 5.97 Å².